The van der Waals surface area contributed by atoms with Crippen molar-refractivity contribution in [2.75, 3.05) is 19.6 Å². The molecule has 21 heavy (non-hydrogen) atoms. The lowest BCUT2D eigenvalue weighted by atomic mass is 10.0. The summed E-state index contributed by atoms with van der Waals surface area (Å²) in [6.07, 6.45) is 4.58. The van der Waals surface area contributed by atoms with Crippen LogP contribution in [0.4, 0.5) is 8.78 Å². The van der Waals surface area contributed by atoms with Crippen molar-refractivity contribution in [1.82, 2.24) is 10.2 Å². The number of hydrogen-bond donors (Lipinski definition) is 2. The van der Waals surface area contributed by atoms with Crippen LogP contribution in [0.15, 0.2) is 12.1 Å². The Hall–Kier alpha value is -1.20. The number of benzene rings is 1. The third-order valence-electron chi connectivity index (χ3n) is 4.09. The van der Waals surface area contributed by atoms with Gasteiger partial charge in [0.15, 0.2) is 17.4 Å². The Balaban J connectivity index is 1.77. The molecule has 1 saturated heterocycles. The zero-order chi connectivity index (χ0) is 15.2. The Morgan fingerprint density at radius 1 is 1.24 bits per heavy atom. The van der Waals surface area contributed by atoms with E-state index >= 15 is 0 Å². The average Bonchev–Trinajstić information content (AvgIpc) is 2.49. The number of phenols is 1. The van der Waals surface area contributed by atoms with Gasteiger partial charge in [-0.3, -0.25) is 0 Å². The van der Waals surface area contributed by atoms with Gasteiger partial charge in [-0.25, -0.2) is 8.78 Å². The van der Waals surface area contributed by atoms with Crippen molar-refractivity contribution < 1.29 is 13.9 Å². The number of rotatable bonds is 6. The maximum Gasteiger partial charge on any atom is 0.187 e. The molecule has 5 heteroatoms. The summed E-state index contributed by atoms with van der Waals surface area (Å²) in [6.45, 7) is 5.95. The zero-order valence-electron chi connectivity index (χ0n) is 12.5. The SMILES string of the molecule is CCCCN1CCC(NCc2cc(F)c(O)c(F)c2)CC1. The second kappa shape index (κ2) is 7.71. The number of likely N-dealkylation sites (tertiary alicyclic amines) is 1. The van der Waals surface area contributed by atoms with Crippen LogP contribution >= 0.6 is 0 Å². The Morgan fingerprint density at radius 2 is 1.86 bits per heavy atom. The molecular formula is C16H24F2N2O. The van der Waals surface area contributed by atoms with Crippen LogP contribution < -0.4 is 5.32 Å². The van der Waals surface area contributed by atoms with E-state index in [9.17, 15) is 8.78 Å². The Labute approximate surface area is 125 Å². The molecule has 0 bridgehead atoms. The number of hydrogen-bond acceptors (Lipinski definition) is 3. The van der Waals surface area contributed by atoms with Gasteiger partial charge in [0.2, 0.25) is 0 Å². The summed E-state index contributed by atoms with van der Waals surface area (Å²) in [7, 11) is 0. The molecule has 1 heterocycles. The average molecular weight is 298 g/mol. The van der Waals surface area contributed by atoms with Gasteiger partial charge >= 0.3 is 0 Å². The van der Waals surface area contributed by atoms with Crippen LogP contribution in [0.25, 0.3) is 0 Å². The van der Waals surface area contributed by atoms with Crippen molar-refractivity contribution >= 4 is 0 Å². The van der Waals surface area contributed by atoms with Gasteiger partial charge in [-0.1, -0.05) is 13.3 Å². The first-order valence-electron chi connectivity index (χ1n) is 7.72. The maximum atomic E-state index is 13.3. The predicted molar refractivity (Wildman–Crippen MR) is 79.2 cm³/mol. The molecular weight excluding hydrogens is 274 g/mol. The van der Waals surface area contributed by atoms with E-state index < -0.39 is 17.4 Å². The van der Waals surface area contributed by atoms with Crippen LogP contribution in [-0.2, 0) is 6.54 Å². The van der Waals surface area contributed by atoms with E-state index in [1.807, 2.05) is 0 Å². The topological polar surface area (TPSA) is 35.5 Å². The Kier molecular flexibility index (Phi) is 5.94. The molecule has 0 aromatic heterocycles. The third kappa shape index (κ3) is 4.64. The second-order valence-electron chi connectivity index (χ2n) is 5.76. The van der Waals surface area contributed by atoms with E-state index in [2.05, 4.69) is 17.1 Å². The van der Waals surface area contributed by atoms with Crippen molar-refractivity contribution in [3.05, 3.63) is 29.3 Å². The largest absolute Gasteiger partial charge is 0.503 e. The Morgan fingerprint density at radius 3 is 2.43 bits per heavy atom. The van der Waals surface area contributed by atoms with Gasteiger partial charge in [0.05, 0.1) is 0 Å². The number of unbranched alkanes of at least 4 members (excludes halogenated alkanes) is 1. The van der Waals surface area contributed by atoms with E-state index in [0.29, 0.717) is 18.2 Å². The summed E-state index contributed by atoms with van der Waals surface area (Å²) < 4.78 is 26.5. The van der Waals surface area contributed by atoms with E-state index in [-0.39, 0.29) is 0 Å². The summed E-state index contributed by atoms with van der Waals surface area (Å²) >= 11 is 0. The standard InChI is InChI=1S/C16H24F2N2O/c1-2-3-6-20-7-4-13(5-8-20)19-11-12-9-14(17)16(21)15(18)10-12/h9-10,13,19,21H,2-8,11H2,1H3. The van der Waals surface area contributed by atoms with E-state index in [0.717, 1.165) is 32.5 Å². The predicted octanol–water partition coefficient (Wildman–Crippen LogP) is 3.02. The lowest BCUT2D eigenvalue weighted by molar-refractivity contribution is 0.195. The lowest BCUT2D eigenvalue weighted by Gasteiger charge is -2.32. The molecule has 0 atom stereocenters. The molecule has 118 valence electrons. The molecule has 2 N–H and O–H groups in total. The summed E-state index contributed by atoms with van der Waals surface area (Å²) in [5, 5.41) is 12.4. The van der Waals surface area contributed by atoms with Gasteiger partial charge in [-0.05, 0) is 56.6 Å². The fraction of sp³-hybridized carbons (Fsp3) is 0.625. The van der Waals surface area contributed by atoms with Gasteiger partial charge in [0.25, 0.3) is 0 Å². The van der Waals surface area contributed by atoms with Crippen LogP contribution in [0, 0.1) is 11.6 Å². The molecule has 1 aliphatic heterocycles. The van der Waals surface area contributed by atoms with Gasteiger partial charge < -0.3 is 15.3 Å². The minimum absolute atomic E-state index is 0.391. The highest BCUT2D eigenvalue weighted by atomic mass is 19.1. The highest BCUT2D eigenvalue weighted by Gasteiger charge is 2.18. The number of halogens is 2. The summed E-state index contributed by atoms with van der Waals surface area (Å²) in [5.74, 6) is -2.70. The highest BCUT2D eigenvalue weighted by Crippen LogP contribution is 2.21. The molecule has 3 nitrogen and oxygen atoms in total. The number of piperidine rings is 1. The molecule has 2 rings (SSSR count). The van der Waals surface area contributed by atoms with Crippen LogP contribution in [0.1, 0.15) is 38.2 Å². The van der Waals surface area contributed by atoms with Crippen molar-refractivity contribution in [3.8, 4) is 5.75 Å². The van der Waals surface area contributed by atoms with Gasteiger partial charge in [-0.2, -0.15) is 0 Å². The van der Waals surface area contributed by atoms with Crippen LogP contribution in [-0.4, -0.2) is 35.7 Å². The maximum absolute atomic E-state index is 13.3. The zero-order valence-corrected chi connectivity index (χ0v) is 12.5. The first-order valence-corrected chi connectivity index (χ1v) is 7.72. The fourth-order valence-corrected chi connectivity index (χ4v) is 2.72. The van der Waals surface area contributed by atoms with Crippen LogP contribution in [0.3, 0.4) is 0 Å². The van der Waals surface area contributed by atoms with Gasteiger partial charge in [0, 0.05) is 12.6 Å². The minimum atomic E-state index is -0.902. The third-order valence-corrected chi connectivity index (χ3v) is 4.09. The van der Waals surface area contributed by atoms with Crippen molar-refractivity contribution in [1.29, 1.82) is 0 Å². The first kappa shape index (κ1) is 16.2. The van der Waals surface area contributed by atoms with Crippen molar-refractivity contribution in [3.63, 3.8) is 0 Å². The van der Waals surface area contributed by atoms with Crippen LogP contribution in [0.2, 0.25) is 0 Å². The molecule has 0 aliphatic carbocycles. The molecule has 0 unspecified atom stereocenters. The molecule has 0 radical (unpaired) electrons. The molecule has 1 aliphatic rings. The van der Waals surface area contributed by atoms with E-state index in [1.54, 1.807) is 0 Å². The molecule has 0 spiro atoms. The van der Waals surface area contributed by atoms with Gasteiger partial charge in [0.1, 0.15) is 0 Å². The number of nitrogens with one attached hydrogen (secondary N) is 1. The van der Waals surface area contributed by atoms with Crippen molar-refractivity contribution in [2.24, 2.45) is 0 Å². The lowest BCUT2D eigenvalue weighted by Crippen LogP contribution is -2.42. The quantitative estimate of drug-likeness (QED) is 0.847. The second-order valence-corrected chi connectivity index (χ2v) is 5.76. The van der Waals surface area contributed by atoms with Crippen LogP contribution in [0.5, 0.6) is 5.75 Å². The fourth-order valence-electron chi connectivity index (χ4n) is 2.72. The number of aromatic hydroxyl groups is 1. The monoisotopic (exact) mass is 298 g/mol. The molecule has 0 saturated carbocycles. The van der Waals surface area contributed by atoms with E-state index in [4.69, 9.17) is 5.11 Å². The van der Waals surface area contributed by atoms with E-state index in [1.165, 1.54) is 25.0 Å². The molecule has 1 aromatic rings. The molecule has 0 amide bonds. The number of nitrogens with zero attached hydrogens (tertiary/aromatic N) is 1. The summed E-state index contributed by atoms with van der Waals surface area (Å²) in [5.41, 5.74) is 0.524. The minimum Gasteiger partial charge on any atom is -0.503 e. The highest BCUT2D eigenvalue weighted by molar-refractivity contribution is 5.29. The smallest absolute Gasteiger partial charge is 0.187 e. The summed E-state index contributed by atoms with van der Waals surface area (Å²) in [4.78, 5) is 2.47. The summed E-state index contributed by atoms with van der Waals surface area (Å²) in [6, 6.07) is 2.76. The number of phenolic OH excluding ortho intramolecular Hbond substituents is 1. The Bertz CT molecular complexity index is 437. The first-order chi connectivity index (χ1) is 10.1. The normalized spacial score (nSPS) is 17.3. The van der Waals surface area contributed by atoms with Gasteiger partial charge in [-0.15, -0.1) is 0 Å². The van der Waals surface area contributed by atoms with Crippen molar-refractivity contribution in [2.45, 2.75) is 45.2 Å². The molecule has 1 fully saturated rings. The molecule has 1 aromatic carbocycles.